The first-order chi connectivity index (χ1) is 9.04. The molecule has 0 aliphatic rings. The Balaban J connectivity index is 3.22. The normalized spacial score (nSPS) is 12.7. The summed E-state index contributed by atoms with van der Waals surface area (Å²) in [6.45, 7) is 1.59. The van der Waals surface area contributed by atoms with E-state index in [1.807, 2.05) is 6.07 Å². The van der Waals surface area contributed by atoms with Crippen LogP contribution in [-0.4, -0.2) is 24.4 Å². The van der Waals surface area contributed by atoms with Crippen molar-refractivity contribution in [3.8, 4) is 6.07 Å². The molecule has 0 amide bonds. The third kappa shape index (κ3) is 3.55. The van der Waals surface area contributed by atoms with E-state index in [-0.39, 0.29) is 10.9 Å². The molecule has 0 heterocycles. The zero-order valence-electron chi connectivity index (χ0n) is 10.8. The molecule has 0 aromatic heterocycles. The lowest BCUT2D eigenvalue weighted by molar-refractivity contribution is -0.141. The minimum atomic E-state index is -1.09. The second-order valence-corrected chi connectivity index (χ2v) is 4.45. The second kappa shape index (κ2) is 6.90. The SMILES string of the molecule is COC(=O)C(C#N)C(=Nc1cccc(F)c1C)SC. The van der Waals surface area contributed by atoms with E-state index in [1.54, 1.807) is 19.2 Å². The molecule has 0 aliphatic heterocycles. The van der Waals surface area contributed by atoms with Crippen LogP contribution < -0.4 is 0 Å². The van der Waals surface area contributed by atoms with Gasteiger partial charge in [-0.1, -0.05) is 6.07 Å². The average molecular weight is 280 g/mol. The number of halogens is 1. The first-order valence-corrected chi connectivity index (χ1v) is 6.62. The molecular formula is C13H13FN2O2S. The van der Waals surface area contributed by atoms with Crippen molar-refractivity contribution in [1.82, 2.24) is 0 Å². The highest BCUT2D eigenvalue weighted by Crippen LogP contribution is 2.24. The largest absolute Gasteiger partial charge is 0.468 e. The number of methoxy groups -OCH3 is 1. The zero-order valence-corrected chi connectivity index (χ0v) is 11.6. The Morgan fingerprint density at radius 1 is 1.58 bits per heavy atom. The first-order valence-electron chi connectivity index (χ1n) is 5.40. The van der Waals surface area contributed by atoms with Crippen LogP contribution in [0, 0.1) is 30.0 Å². The summed E-state index contributed by atoms with van der Waals surface area (Å²) < 4.78 is 18.0. The number of carbonyl (C=O) groups is 1. The van der Waals surface area contributed by atoms with Crippen LogP contribution in [-0.2, 0) is 9.53 Å². The maximum Gasteiger partial charge on any atom is 0.329 e. The van der Waals surface area contributed by atoms with Crippen molar-refractivity contribution < 1.29 is 13.9 Å². The van der Waals surface area contributed by atoms with E-state index in [1.165, 1.54) is 19.2 Å². The number of esters is 1. The van der Waals surface area contributed by atoms with Crippen LogP contribution in [0.3, 0.4) is 0 Å². The van der Waals surface area contributed by atoms with Crippen LogP contribution in [0.4, 0.5) is 10.1 Å². The Morgan fingerprint density at radius 3 is 2.79 bits per heavy atom. The molecule has 19 heavy (non-hydrogen) atoms. The van der Waals surface area contributed by atoms with Gasteiger partial charge < -0.3 is 4.74 Å². The molecule has 4 nitrogen and oxygen atoms in total. The van der Waals surface area contributed by atoms with E-state index < -0.39 is 11.9 Å². The summed E-state index contributed by atoms with van der Waals surface area (Å²) >= 11 is 1.16. The number of thioether (sulfide) groups is 1. The number of hydrogen-bond donors (Lipinski definition) is 0. The summed E-state index contributed by atoms with van der Waals surface area (Å²) in [7, 11) is 1.21. The van der Waals surface area contributed by atoms with Crippen LogP contribution in [0.5, 0.6) is 0 Å². The number of benzene rings is 1. The third-order valence-electron chi connectivity index (χ3n) is 2.49. The second-order valence-electron chi connectivity index (χ2n) is 3.62. The summed E-state index contributed by atoms with van der Waals surface area (Å²) in [5.41, 5.74) is 0.768. The molecule has 0 aliphatic carbocycles. The minimum Gasteiger partial charge on any atom is -0.468 e. The number of hydrogen-bond acceptors (Lipinski definition) is 5. The van der Waals surface area contributed by atoms with Gasteiger partial charge in [0.2, 0.25) is 0 Å². The summed E-state index contributed by atoms with van der Waals surface area (Å²) in [4.78, 5) is 15.7. The lowest BCUT2D eigenvalue weighted by Gasteiger charge is -2.09. The topological polar surface area (TPSA) is 62.5 Å². The molecular weight excluding hydrogens is 267 g/mol. The van der Waals surface area contributed by atoms with Crippen LogP contribution in [0.25, 0.3) is 0 Å². The van der Waals surface area contributed by atoms with E-state index in [9.17, 15) is 9.18 Å². The smallest absolute Gasteiger partial charge is 0.329 e. The number of nitriles is 1. The van der Waals surface area contributed by atoms with Crippen molar-refractivity contribution in [3.05, 3.63) is 29.6 Å². The molecule has 1 rings (SSSR count). The number of aliphatic imine (C=N–C) groups is 1. The minimum absolute atomic E-state index is 0.281. The summed E-state index contributed by atoms with van der Waals surface area (Å²) in [5.74, 6) is -2.15. The fraction of sp³-hybridized carbons (Fsp3) is 0.308. The van der Waals surface area contributed by atoms with Crippen LogP contribution in [0.2, 0.25) is 0 Å². The maximum absolute atomic E-state index is 13.4. The van der Waals surface area contributed by atoms with Crippen molar-refractivity contribution in [2.75, 3.05) is 13.4 Å². The Bertz CT molecular complexity index is 552. The number of carbonyl (C=O) groups excluding carboxylic acids is 1. The van der Waals surface area contributed by atoms with Gasteiger partial charge in [-0.2, -0.15) is 5.26 Å². The van der Waals surface area contributed by atoms with Crippen LogP contribution in [0.1, 0.15) is 5.56 Å². The standard InChI is InChI=1S/C13H13FN2O2S/c1-8-10(14)5-4-6-11(8)16-12(19-3)9(7-15)13(17)18-2/h4-6,9H,1-3H3. The number of nitrogens with zero attached hydrogens (tertiary/aromatic N) is 2. The first kappa shape index (κ1) is 15.2. The summed E-state index contributed by atoms with van der Waals surface area (Å²) in [6.07, 6.45) is 1.70. The highest BCUT2D eigenvalue weighted by atomic mass is 32.2. The fourth-order valence-corrected chi connectivity index (χ4v) is 1.96. The fourth-order valence-electron chi connectivity index (χ4n) is 1.39. The van der Waals surface area contributed by atoms with Gasteiger partial charge in [0, 0.05) is 5.56 Å². The van der Waals surface area contributed by atoms with Gasteiger partial charge in [0.25, 0.3) is 0 Å². The molecule has 0 saturated carbocycles. The maximum atomic E-state index is 13.4. The molecule has 1 atom stereocenters. The Labute approximate surface area is 115 Å². The highest BCUT2D eigenvalue weighted by molar-refractivity contribution is 8.13. The number of ether oxygens (including phenoxy) is 1. The highest BCUT2D eigenvalue weighted by Gasteiger charge is 2.25. The quantitative estimate of drug-likeness (QED) is 0.485. The molecule has 100 valence electrons. The molecule has 0 N–H and O–H groups in total. The van der Waals surface area contributed by atoms with Gasteiger partial charge in [-0.05, 0) is 25.3 Å². The van der Waals surface area contributed by atoms with E-state index >= 15 is 0 Å². The lowest BCUT2D eigenvalue weighted by Crippen LogP contribution is -2.21. The third-order valence-corrected chi connectivity index (χ3v) is 3.24. The summed E-state index contributed by atoms with van der Waals surface area (Å²) in [5, 5.41) is 9.29. The van der Waals surface area contributed by atoms with Gasteiger partial charge in [-0.25, -0.2) is 9.38 Å². The Morgan fingerprint density at radius 2 is 2.26 bits per heavy atom. The van der Waals surface area contributed by atoms with Crippen molar-refractivity contribution in [1.29, 1.82) is 5.26 Å². The number of rotatable bonds is 3. The van der Waals surface area contributed by atoms with Crippen molar-refractivity contribution in [3.63, 3.8) is 0 Å². The molecule has 1 aromatic rings. The van der Waals surface area contributed by atoms with Gasteiger partial charge in [0.1, 0.15) is 10.9 Å². The van der Waals surface area contributed by atoms with Gasteiger partial charge in [-0.15, -0.1) is 11.8 Å². The molecule has 0 fully saturated rings. The van der Waals surface area contributed by atoms with E-state index in [0.29, 0.717) is 11.3 Å². The Hall–Kier alpha value is -1.87. The monoisotopic (exact) mass is 280 g/mol. The molecule has 1 unspecified atom stereocenters. The molecule has 0 saturated heterocycles. The van der Waals surface area contributed by atoms with Gasteiger partial charge in [0.15, 0.2) is 5.92 Å². The van der Waals surface area contributed by atoms with Crippen molar-refractivity contribution in [2.24, 2.45) is 10.9 Å². The lowest BCUT2D eigenvalue weighted by atomic mass is 10.1. The van der Waals surface area contributed by atoms with Gasteiger partial charge >= 0.3 is 5.97 Å². The molecule has 0 bridgehead atoms. The molecule has 6 heteroatoms. The van der Waals surface area contributed by atoms with Gasteiger partial charge in [0.05, 0.1) is 18.9 Å². The molecule has 1 aromatic carbocycles. The van der Waals surface area contributed by atoms with Crippen molar-refractivity contribution in [2.45, 2.75) is 6.92 Å². The van der Waals surface area contributed by atoms with E-state index in [2.05, 4.69) is 9.73 Å². The average Bonchev–Trinajstić information content (AvgIpc) is 2.42. The van der Waals surface area contributed by atoms with E-state index in [4.69, 9.17) is 5.26 Å². The van der Waals surface area contributed by atoms with Crippen molar-refractivity contribution >= 4 is 28.5 Å². The predicted octanol–water partition coefficient (Wildman–Crippen LogP) is 2.84. The molecule has 0 spiro atoms. The van der Waals surface area contributed by atoms with Gasteiger partial charge in [-0.3, -0.25) is 4.79 Å². The predicted molar refractivity (Wildman–Crippen MR) is 72.9 cm³/mol. The molecule has 0 radical (unpaired) electrons. The van der Waals surface area contributed by atoms with E-state index in [0.717, 1.165) is 11.8 Å². The van der Waals surface area contributed by atoms with Crippen LogP contribution >= 0.6 is 11.8 Å². The summed E-state index contributed by atoms with van der Waals surface area (Å²) in [6, 6.07) is 6.32. The van der Waals surface area contributed by atoms with Crippen LogP contribution in [0.15, 0.2) is 23.2 Å². The zero-order chi connectivity index (χ0) is 14.4. The Kier molecular flexibility index (Phi) is 5.52.